The molecule has 0 radical (unpaired) electrons. The minimum Gasteiger partial charge on any atom is -0.507 e. The first-order chi connectivity index (χ1) is 8.07. The maximum absolute atomic E-state index is 10.5. The summed E-state index contributed by atoms with van der Waals surface area (Å²) in [5.41, 5.74) is 1.64. The van der Waals surface area contributed by atoms with Crippen LogP contribution < -0.4 is 0 Å². The fraction of sp³-hybridized carbons (Fsp3) is 0.600. The Morgan fingerprint density at radius 2 is 1.33 bits per heavy atom. The summed E-state index contributed by atoms with van der Waals surface area (Å²) in [5.74, 6) is 0.440. The van der Waals surface area contributed by atoms with E-state index < -0.39 is 0 Å². The average Bonchev–Trinajstić information content (AvgIpc) is 2.17. The lowest BCUT2D eigenvalue weighted by Crippen LogP contribution is -2.17. The van der Waals surface area contributed by atoms with Gasteiger partial charge in [0.1, 0.15) is 5.75 Å². The number of hydrogen-bond acceptors (Lipinski definition) is 3. The zero-order chi connectivity index (χ0) is 14.1. The highest BCUT2D eigenvalue weighted by atomic mass is 32.2. The van der Waals surface area contributed by atoms with Gasteiger partial charge in [0.2, 0.25) is 0 Å². The van der Waals surface area contributed by atoms with Gasteiger partial charge in [0.05, 0.1) is 5.94 Å². The van der Waals surface area contributed by atoms with Crippen LogP contribution in [0, 0.1) is 0 Å². The quantitative estimate of drug-likeness (QED) is 0.628. The van der Waals surface area contributed by atoms with Crippen LogP contribution in [0.1, 0.15) is 52.7 Å². The molecule has 0 atom stereocenters. The molecule has 0 saturated heterocycles. The van der Waals surface area contributed by atoms with Crippen molar-refractivity contribution >= 4 is 11.8 Å². The molecule has 0 aliphatic heterocycles. The normalized spacial score (nSPS) is 12.8. The van der Waals surface area contributed by atoms with Crippen LogP contribution in [0.3, 0.4) is 0 Å². The van der Waals surface area contributed by atoms with Crippen LogP contribution in [-0.2, 0) is 10.8 Å². The van der Waals surface area contributed by atoms with Crippen LogP contribution >= 0.6 is 11.8 Å². The maximum atomic E-state index is 10.5. The summed E-state index contributed by atoms with van der Waals surface area (Å²) in [7, 11) is 0. The Kier molecular flexibility index (Phi) is 4.39. The Bertz CT molecular complexity index is 390. The summed E-state index contributed by atoms with van der Waals surface area (Å²) in [5, 5.41) is 19.6. The lowest BCUT2D eigenvalue weighted by Gasteiger charge is -2.28. The molecule has 2 N–H and O–H groups in total. The molecule has 102 valence electrons. The van der Waals surface area contributed by atoms with Gasteiger partial charge in [-0.05, 0) is 23.0 Å². The molecule has 0 aliphatic rings. The van der Waals surface area contributed by atoms with Gasteiger partial charge in [-0.15, -0.1) is 0 Å². The number of hydrogen-bond donors (Lipinski definition) is 2. The zero-order valence-electron chi connectivity index (χ0n) is 12.2. The summed E-state index contributed by atoms with van der Waals surface area (Å²) >= 11 is 1.39. The number of aromatic hydroxyl groups is 1. The highest BCUT2D eigenvalue weighted by Crippen LogP contribution is 2.41. The highest BCUT2D eigenvalue weighted by Gasteiger charge is 2.26. The summed E-state index contributed by atoms with van der Waals surface area (Å²) in [6.07, 6.45) is 0. The van der Waals surface area contributed by atoms with Gasteiger partial charge < -0.3 is 10.2 Å². The SMILES string of the molecule is CC(C)(C)c1cc(SCO)cc(C(C)(C)C)c1O. The third-order valence-electron chi connectivity index (χ3n) is 2.93. The van der Waals surface area contributed by atoms with Crippen molar-refractivity contribution in [1.82, 2.24) is 0 Å². The van der Waals surface area contributed by atoms with Crippen molar-refractivity contribution in [2.24, 2.45) is 0 Å². The second-order valence-electron chi connectivity index (χ2n) is 6.64. The summed E-state index contributed by atoms with van der Waals surface area (Å²) in [6, 6.07) is 3.96. The van der Waals surface area contributed by atoms with Gasteiger partial charge >= 0.3 is 0 Å². The van der Waals surface area contributed by atoms with Crippen molar-refractivity contribution in [3.05, 3.63) is 23.3 Å². The Labute approximate surface area is 114 Å². The molecule has 0 heterocycles. The van der Waals surface area contributed by atoms with Crippen LogP contribution in [0.25, 0.3) is 0 Å². The van der Waals surface area contributed by atoms with Crippen molar-refractivity contribution in [3.63, 3.8) is 0 Å². The largest absolute Gasteiger partial charge is 0.507 e. The first-order valence-electron chi connectivity index (χ1n) is 6.19. The lowest BCUT2D eigenvalue weighted by atomic mass is 9.79. The molecule has 0 unspecified atom stereocenters. The van der Waals surface area contributed by atoms with Gasteiger partial charge in [0.25, 0.3) is 0 Å². The van der Waals surface area contributed by atoms with Crippen LogP contribution in [0.15, 0.2) is 17.0 Å². The smallest absolute Gasteiger partial charge is 0.123 e. The van der Waals surface area contributed by atoms with E-state index in [0.717, 1.165) is 16.0 Å². The first-order valence-corrected chi connectivity index (χ1v) is 7.17. The molecule has 0 amide bonds. The van der Waals surface area contributed by atoms with Crippen molar-refractivity contribution in [2.45, 2.75) is 57.3 Å². The third kappa shape index (κ3) is 3.42. The molecule has 1 rings (SSSR count). The standard InChI is InChI=1S/C15H24O2S/c1-14(2,3)11-7-10(18-9-16)8-12(13(11)17)15(4,5)6/h7-8,16-17H,9H2,1-6H3. The molecule has 1 aromatic carbocycles. The molecule has 18 heavy (non-hydrogen) atoms. The number of rotatable bonds is 2. The molecular formula is C15H24O2S. The van der Waals surface area contributed by atoms with Gasteiger partial charge in [-0.2, -0.15) is 0 Å². The number of benzene rings is 1. The molecule has 2 nitrogen and oxygen atoms in total. The predicted octanol–water partition coefficient (Wildman–Crippen LogP) is 4.03. The fourth-order valence-electron chi connectivity index (χ4n) is 1.91. The number of phenolic OH excluding ortho intramolecular Hbond substituents is 1. The van der Waals surface area contributed by atoms with E-state index in [2.05, 4.69) is 41.5 Å². The van der Waals surface area contributed by atoms with Crippen molar-refractivity contribution in [3.8, 4) is 5.75 Å². The van der Waals surface area contributed by atoms with Crippen LogP contribution in [0.4, 0.5) is 0 Å². The van der Waals surface area contributed by atoms with Crippen molar-refractivity contribution in [1.29, 1.82) is 0 Å². The third-order valence-corrected chi connectivity index (χ3v) is 3.63. The van der Waals surface area contributed by atoms with E-state index in [9.17, 15) is 5.11 Å². The maximum Gasteiger partial charge on any atom is 0.123 e. The van der Waals surface area contributed by atoms with E-state index in [4.69, 9.17) is 5.11 Å². The highest BCUT2D eigenvalue weighted by molar-refractivity contribution is 7.99. The van der Waals surface area contributed by atoms with Gasteiger partial charge in [0, 0.05) is 16.0 Å². The summed E-state index contributed by atoms with van der Waals surface area (Å²) in [4.78, 5) is 1.00. The van der Waals surface area contributed by atoms with E-state index in [1.165, 1.54) is 11.8 Å². The lowest BCUT2D eigenvalue weighted by molar-refractivity contribution is 0.375. The second-order valence-corrected chi connectivity index (χ2v) is 7.66. The summed E-state index contributed by atoms with van der Waals surface area (Å²) < 4.78 is 0. The Morgan fingerprint density at radius 3 is 1.61 bits per heavy atom. The van der Waals surface area contributed by atoms with Gasteiger partial charge in [-0.1, -0.05) is 53.3 Å². The van der Waals surface area contributed by atoms with E-state index >= 15 is 0 Å². The molecule has 3 heteroatoms. The minimum atomic E-state index is -0.115. The van der Waals surface area contributed by atoms with Crippen molar-refractivity contribution in [2.75, 3.05) is 5.94 Å². The van der Waals surface area contributed by atoms with E-state index in [1.54, 1.807) is 0 Å². The van der Waals surface area contributed by atoms with Crippen LogP contribution in [0.2, 0.25) is 0 Å². The molecule has 0 bridgehead atoms. The van der Waals surface area contributed by atoms with Gasteiger partial charge in [-0.3, -0.25) is 0 Å². The Balaban J connectivity index is 3.48. The molecule has 0 fully saturated rings. The van der Waals surface area contributed by atoms with Crippen LogP contribution in [-0.4, -0.2) is 16.2 Å². The monoisotopic (exact) mass is 268 g/mol. The molecule has 1 aromatic rings. The van der Waals surface area contributed by atoms with E-state index in [-0.39, 0.29) is 16.8 Å². The Hall–Kier alpha value is -0.670. The predicted molar refractivity (Wildman–Crippen MR) is 78.4 cm³/mol. The van der Waals surface area contributed by atoms with E-state index in [0.29, 0.717) is 5.75 Å². The average molecular weight is 268 g/mol. The second kappa shape index (κ2) is 5.14. The minimum absolute atomic E-state index is 0.0535. The molecule has 0 spiro atoms. The molecular weight excluding hydrogens is 244 g/mol. The topological polar surface area (TPSA) is 40.5 Å². The molecule has 0 aliphatic carbocycles. The summed E-state index contributed by atoms with van der Waals surface area (Å²) in [6.45, 7) is 12.5. The van der Waals surface area contributed by atoms with Gasteiger partial charge in [-0.25, -0.2) is 0 Å². The molecule has 0 saturated carbocycles. The fourth-order valence-corrected chi connectivity index (χ4v) is 2.46. The van der Waals surface area contributed by atoms with Crippen molar-refractivity contribution < 1.29 is 10.2 Å². The zero-order valence-corrected chi connectivity index (χ0v) is 13.0. The Morgan fingerprint density at radius 1 is 0.944 bits per heavy atom. The van der Waals surface area contributed by atoms with E-state index in [1.807, 2.05) is 12.1 Å². The van der Waals surface area contributed by atoms with Crippen LogP contribution in [0.5, 0.6) is 5.75 Å². The molecule has 0 aromatic heterocycles. The first kappa shape index (κ1) is 15.4. The number of aliphatic hydroxyl groups is 1. The number of aliphatic hydroxyl groups excluding tert-OH is 1. The number of phenols is 1. The number of thioether (sulfide) groups is 1. The van der Waals surface area contributed by atoms with Gasteiger partial charge in [0.15, 0.2) is 0 Å².